The Labute approximate surface area is 121 Å². The van der Waals surface area contributed by atoms with E-state index in [1.54, 1.807) is 35.8 Å². The smallest absolute Gasteiger partial charge is 0.326 e. The molecule has 0 fully saturated rings. The molecule has 1 aromatic carbocycles. The van der Waals surface area contributed by atoms with Gasteiger partial charge < -0.3 is 15.0 Å². The average molecular weight is 295 g/mol. The number of carbonyl (C=O) groups excluding carboxylic acids is 1. The van der Waals surface area contributed by atoms with E-state index in [2.05, 4.69) is 15.6 Å². The third-order valence-electron chi connectivity index (χ3n) is 2.82. The van der Waals surface area contributed by atoms with Crippen molar-refractivity contribution < 1.29 is 9.90 Å². The Balaban J connectivity index is 2.10. The minimum absolute atomic E-state index is 0.0927. The highest BCUT2D eigenvalue weighted by atomic mass is 35.5. The van der Waals surface area contributed by atoms with Crippen molar-refractivity contribution in [2.75, 3.05) is 10.6 Å². The third kappa shape index (κ3) is 3.03. The number of hydrogen-bond acceptors (Lipinski definition) is 3. The number of aromatic nitrogens is 2. The first-order valence-electron chi connectivity index (χ1n) is 6.11. The second-order valence-corrected chi connectivity index (χ2v) is 4.61. The molecule has 0 aliphatic rings. The number of rotatable bonds is 3. The van der Waals surface area contributed by atoms with Crippen LogP contribution in [0.3, 0.4) is 0 Å². The molecule has 6 nitrogen and oxygen atoms in total. The van der Waals surface area contributed by atoms with Crippen molar-refractivity contribution in [3.05, 3.63) is 35.0 Å². The van der Waals surface area contributed by atoms with Crippen LogP contribution in [0, 0.1) is 6.92 Å². The highest BCUT2D eigenvalue weighted by molar-refractivity contribution is 6.30. The van der Waals surface area contributed by atoms with Crippen LogP contribution in [0.5, 0.6) is 5.88 Å². The number of benzene rings is 1. The normalized spacial score (nSPS) is 10.3. The number of aromatic hydroxyl groups is 1. The van der Waals surface area contributed by atoms with Crippen molar-refractivity contribution in [3.8, 4) is 5.88 Å². The number of halogens is 1. The quantitative estimate of drug-likeness (QED) is 0.813. The molecule has 0 aliphatic carbocycles. The number of carbonyl (C=O) groups is 1. The van der Waals surface area contributed by atoms with Gasteiger partial charge in [0.2, 0.25) is 11.8 Å². The molecule has 20 heavy (non-hydrogen) atoms. The van der Waals surface area contributed by atoms with Gasteiger partial charge in [-0.1, -0.05) is 17.7 Å². The lowest BCUT2D eigenvalue weighted by Gasteiger charge is -2.09. The molecule has 0 atom stereocenters. The first-order valence-corrected chi connectivity index (χ1v) is 6.48. The molecule has 2 aromatic rings. The molecule has 0 bridgehead atoms. The number of hydrogen-bond donors (Lipinski definition) is 3. The maximum atomic E-state index is 11.9. The van der Waals surface area contributed by atoms with E-state index < -0.39 is 6.03 Å². The molecule has 0 aliphatic heterocycles. The highest BCUT2D eigenvalue weighted by Gasteiger charge is 2.14. The summed E-state index contributed by atoms with van der Waals surface area (Å²) in [5.41, 5.74) is 1.18. The maximum Gasteiger partial charge on any atom is 0.326 e. The molecule has 0 spiro atoms. The van der Waals surface area contributed by atoms with Gasteiger partial charge in [0.1, 0.15) is 0 Å². The van der Waals surface area contributed by atoms with Crippen LogP contribution in [0.2, 0.25) is 5.02 Å². The monoisotopic (exact) mass is 294 g/mol. The minimum atomic E-state index is -0.452. The van der Waals surface area contributed by atoms with Gasteiger partial charge in [0.05, 0.1) is 5.69 Å². The van der Waals surface area contributed by atoms with Gasteiger partial charge in [0, 0.05) is 17.3 Å². The molecule has 2 amide bonds. The van der Waals surface area contributed by atoms with Crippen molar-refractivity contribution in [1.29, 1.82) is 0 Å². The molecular formula is C13H15ClN4O2. The van der Waals surface area contributed by atoms with Crippen LogP contribution >= 0.6 is 11.6 Å². The molecule has 0 radical (unpaired) electrons. The van der Waals surface area contributed by atoms with Crippen LogP contribution in [0.1, 0.15) is 12.6 Å². The Morgan fingerprint density at radius 3 is 2.85 bits per heavy atom. The number of nitrogens with zero attached hydrogens (tertiary/aromatic N) is 2. The molecular weight excluding hydrogens is 280 g/mol. The fourth-order valence-corrected chi connectivity index (χ4v) is 2.02. The standard InChI is InChI=1S/C13H15ClN4O2/c1-3-18-8(2)11(19)16-12(18)17-13(20)15-10-6-4-5-9(14)7-10/h4-7,19H,3H2,1-2H3,(H2,15,16,17,20). The van der Waals surface area contributed by atoms with E-state index in [0.29, 0.717) is 28.9 Å². The van der Waals surface area contributed by atoms with E-state index in [-0.39, 0.29) is 5.88 Å². The lowest BCUT2D eigenvalue weighted by Crippen LogP contribution is -2.22. The van der Waals surface area contributed by atoms with Gasteiger partial charge in [-0.25, -0.2) is 4.79 Å². The Kier molecular flexibility index (Phi) is 4.14. The molecule has 0 saturated heterocycles. The van der Waals surface area contributed by atoms with Gasteiger partial charge in [-0.15, -0.1) is 0 Å². The zero-order valence-corrected chi connectivity index (χ0v) is 11.9. The van der Waals surface area contributed by atoms with Gasteiger partial charge in [-0.05, 0) is 32.0 Å². The van der Waals surface area contributed by atoms with Crippen LogP contribution in [0.4, 0.5) is 16.4 Å². The predicted octanol–water partition coefficient (Wildman–Crippen LogP) is 3.21. The summed E-state index contributed by atoms with van der Waals surface area (Å²) < 4.78 is 1.70. The molecule has 1 aromatic heterocycles. The van der Waals surface area contributed by atoms with E-state index in [9.17, 15) is 9.90 Å². The predicted molar refractivity (Wildman–Crippen MR) is 78.4 cm³/mol. The summed E-state index contributed by atoms with van der Waals surface area (Å²) in [7, 11) is 0. The average Bonchev–Trinajstić information content (AvgIpc) is 2.64. The summed E-state index contributed by atoms with van der Waals surface area (Å²) in [6.45, 7) is 4.21. The largest absolute Gasteiger partial charge is 0.492 e. The number of nitrogens with one attached hydrogen (secondary N) is 2. The molecule has 1 heterocycles. The van der Waals surface area contributed by atoms with E-state index >= 15 is 0 Å². The van der Waals surface area contributed by atoms with Crippen molar-refractivity contribution in [1.82, 2.24) is 9.55 Å². The number of urea groups is 1. The van der Waals surface area contributed by atoms with Crippen LogP contribution < -0.4 is 10.6 Å². The third-order valence-corrected chi connectivity index (χ3v) is 3.06. The first kappa shape index (κ1) is 14.2. The molecule has 0 saturated carbocycles. The molecule has 3 N–H and O–H groups in total. The molecule has 2 rings (SSSR count). The van der Waals surface area contributed by atoms with Crippen molar-refractivity contribution in [3.63, 3.8) is 0 Å². The molecule has 7 heteroatoms. The Morgan fingerprint density at radius 1 is 1.45 bits per heavy atom. The topological polar surface area (TPSA) is 79.2 Å². The second-order valence-electron chi connectivity index (χ2n) is 4.18. The zero-order valence-electron chi connectivity index (χ0n) is 11.1. The van der Waals surface area contributed by atoms with Crippen molar-refractivity contribution in [2.24, 2.45) is 0 Å². The lowest BCUT2D eigenvalue weighted by atomic mass is 10.3. The summed E-state index contributed by atoms with van der Waals surface area (Å²) in [6.07, 6.45) is 0. The Hall–Kier alpha value is -2.21. The number of amides is 2. The molecule has 0 unspecified atom stereocenters. The van der Waals surface area contributed by atoms with E-state index in [1.165, 1.54) is 0 Å². The second kappa shape index (κ2) is 5.83. The van der Waals surface area contributed by atoms with Crippen LogP contribution in [0.15, 0.2) is 24.3 Å². The van der Waals surface area contributed by atoms with Gasteiger partial charge in [-0.3, -0.25) is 5.32 Å². The maximum absolute atomic E-state index is 11.9. The van der Waals surface area contributed by atoms with Gasteiger partial charge >= 0.3 is 6.03 Å². The van der Waals surface area contributed by atoms with Crippen LogP contribution in [-0.4, -0.2) is 20.7 Å². The van der Waals surface area contributed by atoms with E-state index in [4.69, 9.17) is 11.6 Å². The van der Waals surface area contributed by atoms with Gasteiger partial charge in [-0.2, -0.15) is 4.98 Å². The molecule has 106 valence electrons. The Bertz CT molecular complexity index is 639. The first-order chi connectivity index (χ1) is 9.51. The van der Waals surface area contributed by atoms with Crippen molar-refractivity contribution in [2.45, 2.75) is 20.4 Å². The summed E-state index contributed by atoms with van der Waals surface area (Å²) in [5, 5.41) is 15.3. The highest BCUT2D eigenvalue weighted by Crippen LogP contribution is 2.21. The van der Waals surface area contributed by atoms with E-state index in [1.807, 2.05) is 6.92 Å². The van der Waals surface area contributed by atoms with Gasteiger partial charge in [0.15, 0.2) is 0 Å². The fourth-order valence-electron chi connectivity index (χ4n) is 1.83. The number of imidazole rings is 1. The number of anilines is 2. The Morgan fingerprint density at radius 2 is 2.20 bits per heavy atom. The lowest BCUT2D eigenvalue weighted by molar-refractivity contribution is 0.262. The summed E-state index contributed by atoms with van der Waals surface area (Å²) >= 11 is 5.84. The minimum Gasteiger partial charge on any atom is -0.492 e. The summed E-state index contributed by atoms with van der Waals surface area (Å²) in [4.78, 5) is 15.8. The van der Waals surface area contributed by atoms with Gasteiger partial charge in [0.25, 0.3) is 0 Å². The van der Waals surface area contributed by atoms with Crippen LogP contribution in [-0.2, 0) is 6.54 Å². The zero-order chi connectivity index (χ0) is 14.7. The van der Waals surface area contributed by atoms with Crippen LogP contribution in [0.25, 0.3) is 0 Å². The summed E-state index contributed by atoms with van der Waals surface area (Å²) in [6, 6.07) is 6.36. The van der Waals surface area contributed by atoms with Crippen molar-refractivity contribution >= 4 is 29.3 Å². The van der Waals surface area contributed by atoms with E-state index in [0.717, 1.165) is 0 Å². The fraction of sp³-hybridized carbons (Fsp3) is 0.231. The SMILES string of the molecule is CCn1c(NC(=O)Nc2cccc(Cl)c2)nc(O)c1C. The summed E-state index contributed by atoms with van der Waals surface area (Å²) in [5.74, 6) is 0.201.